The van der Waals surface area contributed by atoms with E-state index in [1.54, 1.807) is 25.1 Å². The monoisotopic (exact) mass is 357 g/mol. The lowest BCUT2D eigenvalue weighted by atomic mass is 10.1. The van der Waals surface area contributed by atoms with Gasteiger partial charge in [0.1, 0.15) is 5.75 Å². The molecule has 0 heterocycles. The Morgan fingerprint density at radius 2 is 1.88 bits per heavy atom. The van der Waals surface area contributed by atoms with Gasteiger partial charge >= 0.3 is 6.18 Å². The van der Waals surface area contributed by atoms with E-state index in [-0.39, 0.29) is 5.69 Å². The van der Waals surface area contributed by atoms with Crippen LogP contribution in [-0.4, -0.2) is 12.0 Å². The van der Waals surface area contributed by atoms with Crippen molar-refractivity contribution in [1.82, 2.24) is 0 Å². The molecule has 2 aromatic carbocycles. The molecule has 0 spiro atoms. The lowest BCUT2D eigenvalue weighted by Gasteiger charge is -2.17. The van der Waals surface area contributed by atoms with Crippen LogP contribution in [0.25, 0.3) is 0 Å². The minimum absolute atomic E-state index is 0.308. The van der Waals surface area contributed by atoms with Crippen LogP contribution in [0.1, 0.15) is 18.1 Å². The molecule has 0 saturated heterocycles. The Labute approximate surface area is 142 Å². The van der Waals surface area contributed by atoms with Gasteiger partial charge in [-0.1, -0.05) is 23.7 Å². The minimum atomic E-state index is -4.55. The van der Waals surface area contributed by atoms with Crippen LogP contribution in [0, 0.1) is 6.92 Å². The van der Waals surface area contributed by atoms with Gasteiger partial charge in [0.25, 0.3) is 5.91 Å². The minimum Gasteiger partial charge on any atom is -0.481 e. The summed E-state index contributed by atoms with van der Waals surface area (Å²) in [5.74, 6) is -0.275. The van der Waals surface area contributed by atoms with Crippen molar-refractivity contribution in [3.8, 4) is 5.75 Å². The number of alkyl halides is 3. The Kier molecular flexibility index (Phi) is 5.39. The highest BCUT2D eigenvalue weighted by Gasteiger charge is 2.34. The van der Waals surface area contributed by atoms with Crippen LogP contribution in [-0.2, 0) is 11.0 Å². The fraction of sp³-hybridized carbons (Fsp3) is 0.235. The summed E-state index contributed by atoms with van der Waals surface area (Å²) in [5, 5.41) is 2.81. The van der Waals surface area contributed by atoms with Crippen molar-refractivity contribution in [2.75, 3.05) is 5.32 Å². The number of hydrogen-bond donors (Lipinski definition) is 1. The van der Waals surface area contributed by atoms with Crippen LogP contribution in [0.5, 0.6) is 5.75 Å². The van der Waals surface area contributed by atoms with Gasteiger partial charge in [-0.25, -0.2) is 0 Å². The SMILES string of the molecule is Cc1cc(O[C@H](C)C(=O)Nc2ccccc2C(F)(F)F)ccc1Cl. The van der Waals surface area contributed by atoms with Crippen molar-refractivity contribution < 1.29 is 22.7 Å². The lowest BCUT2D eigenvalue weighted by molar-refractivity contribution is -0.137. The van der Waals surface area contributed by atoms with Crippen LogP contribution in [0.2, 0.25) is 5.02 Å². The summed E-state index contributed by atoms with van der Waals surface area (Å²) >= 11 is 5.91. The number of ether oxygens (including phenoxy) is 1. The fourth-order valence-corrected chi connectivity index (χ4v) is 2.14. The maximum absolute atomic E-state index is 12.9. The molecule has 0 fully saturated rings. The number of hydrogen-bond acceptors (Lipinski definition) is 2. The van der Waals surface area contributed by atoms with E-state index in [0.29, 0.717) is 10.8 Å². The highest BCUT2D eigenvalue weighted by molar-refractivity contribution is 6.31. The van der Waals surface area contributed by atoms with Gasteiger partial charge in [-0.05, 0) is 49.7 Å². The van der Waals surface area contributed by atoms with Gasteiger partial charge in [-0.15, -0.1) is 0 Å². The zero-order chi connectivity index (χ0) is 17.9. The van der Waals surface area contributed by atoms with E-state index >= 15 is 0 Å². The van der Waals surface area contributed by atoms with Crippen molar-refractivity contribution in [3.05, 3.63) is 58.6 Å². The molecule has 0 unspecified atom stereocenters. The second-order valence-electron chi connectivity index (χ2n) is 5.20. The van der Waals surface area contributed by atoms with Gasteiger partial charge in [0.2, 0.25) is 0 Å². The molecule has 24 heavy (non-hydrogen) atoms. The highest BCUT2D eigenvalue weighted by atomic mass is 35.5. The summed E-state index contributed by atoms with van der Waals surface area (Å²) in [6, 6.07) is 9.63. The third-order valence-electron chi connectivity index (χ3n) is 3.30. The van der Waals surface area contributed by atoms with E-state index in [4.69, 9.17) is 16.3 Å². The molecule has 7 heteroatoms. The summed E-state index contributed by atoms with van der Waals surface area (Å²) in [5.41, 5.74) is -0.449. The first-order valence-corrected chi connectivity index (χ1v) is 7.46. The molecule has 128 valence electrons. The lowest BCUT2D eigenvalue weighted by Crippen LogP contribution is -2.31. The first-order valence-electron chi connectivity index (χ1n) is 7.08. The molecule has 0 aliphatic heterocycles. The van der Waals surface area contributed by atoms with E-state index in [0.717, 1.165) is 11.6 Å². The van der Waals surface area contributed by atoms with Gasteiger partial charge in [-0.2, -0.15) is 13.2 Å². The average Bonchev–Trinajstić information content (AvgIpc) is 2.50. The zero-order valence-electron chi connectivity index (χ0n) is 12.9. The molecule has 1 atom stereocenters. The van der Waals surface area contributed by atoms with E-state index in [1.807, 2.05) is 0 Å². The van der Waals surface area contributed by atoms with E-state index in [1.165, 1.54) is 25.1 Å². The molecule has 0 saturated carbocycles. The maximum Gasteiger partial charge on any atom is 0.418 e. The fourth-order valence-electron chi connectivity index (χ4n) is 2.02. The number of aryl methyl sites for hydroxylation is 1. The molecule has 1 amide bonds. The van der Waals surface area contributed by atoms with Gasteiger partial charge < -0.3 is 10.1 Å². The quantitative estimate of drug-likeness (QED) is 0.829. The van der Waals surface area contributed by atoms with Crippen LogP contribution in [0.15, 0.2) is 42.5 Å². The number of benzene rings is 2. The van der Waals surface area contributed by atoms with Crippen molar-refractivity contribution in [3.63, 3.8) is 0 Å². The number of halogens is 4. The predicted molar refractivity (Wildman–Crippen MR) is 86.4 cm³/mol. The van der Waals surface area contributed by atoms with Crippen molar-refractivity contribution >= 4 is 23.2 Å². The second kappa shape index (κ2) is 7.13. The van der Waals surface area contributed by atoms with Gasteiger partial charge in [0, 0.05) is 5.02 Å². The number of amides is 1. The van der Waals surface area contributed by atoms with Crippen LogP contribution < -0.4 is 10.1 Å². The molecule has 2 rings (SSSR count). The molecular weight excluding hydrogens is 343 g/mol. The molecule has 0 aliphatic carbocycles. The van der Waals surface area contributed by atoms with E-state index in [9.17, 15) is 18.0 Å². The molecular formula is C17H15ClF3NO2. The van der Waals surface area contributed by atoms with Crippen LogP contribution in [0.4, 0.5) is 18.9 Å². The third-order valence-corrected chi connectivity index (χ3v) is 3.73. The molecule has 3 nitrogen and oxygen atoms in total. The number of rotatable bonds is 4. The number of carbonyl (C=O) groups is 1. The van der Waals surface area contributed by atoms with Gasteiger partial charge in [-0.3, -0.25) is 4.79 Å². The number of anilines is 1. The summed E-state index contributed by atoms with van der Waals surface area (Å²) in [6.07, 6.45) is -5.53. The predicted octanol–water partition coefficient (Wildman–Crippen LogP) is 5.07. The molecule has 2 aromatic rings. The molecule has 0 radical (unpaired) electrons. The van der Waals surface area contributed by atoms with E-state index in [2.05, 4.69) is 5.32 Å². The topological polar surface area (TPSA) is 38.3 Å². The van der Waals surface area contributed by atoms with Crippen LogP contribution in [0.3, 0.4) is 0 Å². The van der Waals surface area contributed by atoms with Crippen molar-refractivity contribution in [2.45, 2.75) is 26.1 Å². The summed E-state index contributed by atoms with van der Waals surface area (Å²) < 4.78 is 44.3. The summed E-state index contributed by atoms with van der Waals surface area (Å²) in [4.78, 5) is 12.1. The van der Waals surface area contributed by atoms with Crippen LogP contribution >= 0.6 is 11.6 Å². The normalized spacial score (nSPS) is 12.6. The number of nitrogens with one attached hydrogen (secondary N) is 1. The third kappa shape index (κ3) is 4.41. The Bertz CT molecular complexity index is 747. The molecule has 0 aliphatic rings. The second-order valence-corrected chi connectivity index (χ2v) is 5.61. The Morgan fingerprint density at radius 3 is 2.50 bits per heavy atom. The Hall–Kier alpha value is -2.21. The number of para-hydroxylation sites is 1. The van der Waals surface area contributed by atoms with Crippen molar-refractivity contribution in [1.29, 1.82) is 0 Å². The van der Waals surface area contributed by atoms with Crippen molar-refractivity contribution in [2.24, 2.45) is 0 Å². The standard InChI is InChI=1S/C17H15ClF3NO2/c1-10-9-12(7-8-14(10)18)24-11(2)16(23)22-15-6-4-3-5-13(15)17(19,20)21/h3-9,11H,1-2H3,(H,22,23)/t11-/m1/s1. The largest absolute Gasteiger partial charge is 0.481 e. The van der Waals surface area contributed by atoms with Gasteiger partial charge in [0.05, 0.1) is 11.3 Å². The first kappa shape index (κ1) is 18.1. The Morgan fingerprint density at radius 1 is 1.21 bits per heavy atom. The molecule has 0 aromatic heterocycles. The smallest absolute Gasteiger partial charge is 0.418 e. The summed E-state index contributed by atoms with van der Waals surface area (Å²) in [6.45, 7) is 3.23. The molecule has 1 N–H and O–H groups in total. The number of carbonyl (C=O) groups excluding carboxylic acids is 1. The Balaban J connectivity index is 2.11. The molecule has 0 bridgehead atoms. The zero-order valence-corrected chi connectivity index (χ0v) is 13.7. The van der Waals surface area contributed by atoms with E-state index < -0.39 is 23.8 Å². The maximum atomic E-state index is 12.9. The highest BCUT2D eigenvalue weighted by Crippen LogP contribution is 2.34. The van der Waals surface area contributed by atoms with Gasteiger partial charge in [0.15, 0.2) is 6.10 Å². The average molecular weight is 358 g/mol. The summed E-state index contributed by atoms with van der Waals surface area (Å²) in [7, 11) is 0. The first-order chi connectivity index (χ1) is 11.2.